The summed E-state index contributed by atoms with van der Waals surface area (Å²) < 4.78 is 0. The van der Waals surface area contributed by atoms with E-state index in [4.69, 9.17) is 0 Å². The van der Waals surface area contributed by atoms with Crippen molar-refractivity contribution < 1.29 is 0 Å². The zero-order chi connectivity index (χ0) is 27.7. The number of benzene rings is 5. The Kier molecular flexibility index (Phi) is 6.21. The molecule has 0 aromatic heterocycles. The summed E-state index contributed by atoms with van der Waals surface area (Å²) in [5.41, 5.74) is 5.91. The molecule has 0 N–H and O–H groups in total. The molecular weight excluding hydrogens is 470 g/mol. The highest BCUT2D eigenvalue weighted by atomic mass is 15.3. The molecule has 1 saturated heterocycles. The summed E-state index contributed by atoms with van der Waals surface area (Å²) in [7, 11) is 0. The van der Waals surface area contributed by atoms with E-state index < -0.39 is 0 Å². The molecule has 0 spiro atoms. The highest BCUT2D eigenvalue weighted by Gasteiger charge is 2.56. The van der Waals surface area contributed by atoms with Crippen LogP contribution in [0.4, 0.5) is 5.69 Å². The SMILES string of the molecule is CCC1(CC)CC(C)(C)N(c2c(C(C)C)cccc2C(C)C)[C]1c1cc2ccc3cccc4ccc(c1)c2c34. The largest absolute Gasteiger partial charge is 0.353 e. The van der Waals surface area contributed by atoms with E-state index in [1.807, 2.05) is 0 Å². The van der Waals surface area contributed by atoms with E-state index in [9.17, 15) is 0 Å². The smallest absolute Gasteiger partial charge is 0.0995 e. The van der Waals surface area contributed by atoms with Crippen molar-refractivity contribution in [3.05, 3.63) is 95.5 Å². The van der Waals surface area contributed by atoms with Crippen LogP contribution in [0, 0.1) is 11.5 Å². The molecule has 1 radical (unpaired) electrons. The van der Waals surface area contributed by atoms with Gasteiger partial charge in [0.1, 0.15) is 0 Å². The molecule has 0 amide bonds. The van der Waals surface area contributed by atoms with E-state index in [1.54, 1.807) is 0 Å². The number of para-hydroxylation sites is 1. The van der Waals surface area contributed by atoms with Gasteiger partial charge in [-0.3, -0.25) is 0 Å². The molecule has 0 unspecified atom stereocenters. The van der Waals surface area contributed by atoms with Crippen LogP contribution in [0.25, 0.3) is 32.3 Å². The first-order chi connectivity index (χ1) is 18.6. The number of hydrogen-bond acceptors (Lipinski definition) is 1. The highest BCUT2D eigenvalue weighted by Crippen LogP contribution is 2.60. The maximum atomic E-state index is 2.80. The van der Waals surface area contributed by atoms with E-state index >= 15 is 0 Å². The Morgan fingerprint density at radius 3 is 1.62 bits per heavy atom. The number of hydrogen-bond donors (Lipinski definition) is 0. The summed E-state index contributed by atoms with van der Waals surface area (Å²) in [6, 6.07) is 29.6. The maximum Gasteiger partial charge on any atom is 0.0995 e. The normalized spacial score (nSPS) is 17.5. The Labute approximate surface area is 235 Å². The quantitative estimate of drug-likeness (QED) is 0.204. The van der Waals surface area contributed by atoms with Crippen molar-refractivity contribution >= 4 is 38.0 Å². The van der Waals surface area contributed by atoms with Gasteiger partial charge in [0.25, 0.3) is 0 Å². The van der Waals surface area contributed by atoms with E-state index in [2.05, 4.69) is 133 Å². The van der Waals surface area contributed by atoms with Crippen LogP contribution in [0.1, 0.15) is 103 Å². The van der Waals surface area contributed by atoms with Crippen LogP contribution in [0.3, 0.4) is 0 Å². The van der Waals surface area contributed by atoms with Crippen LogP contribution in [0.5, 0.6) is 0 Å². The Morgan fingerprint density at radius 1 is 0.667 bits per heavy atom. The molecular formula is C38H44N. The first-order valence-electron chi connectivity index (χ1n) is 15.1. The molecule has 6 rings (SSSR count). The summed E-state index contributed by atoms with van der Waals surface area (Å²) in [6.07, 6.45) is 3.45. The lowest BCUT2D eigenvalue weighted by atomic mass is 9.71. The first kappa shape index (κ1) is 26.2. The van der Waals surface area contributed by atoms with Crippen molar-refractivity contribution in [1.82, 2.24) is 0 Å². The Balaban J connectivity index is 1.67. The molecule has 0 saturated carbocycles. The average molecular weight is 515 g/mol. The van der Waals surface area contributed by atoms with Gasteiger partial charge in [0.15, 0.2) is 0 Å². The predicted octanol–water partition coefficient (Wildman–Crippen LogP) is 11.2. The van der Waals surface area contributed by atoms with E-state index in [-0.39, 0.29) is 11.0 Å². The van der Waals surface area contributed by atoms with Crippen LogP contribution in [0.15, 0.2) is 72.8 Å². The van der Waals surface area contributed by atoms with Crippen LogP contribution in [0.2, 0.25) is 0 Å². The number of rotatable bonds is 6. The van der Waals surface area contributed by atoms with Gasteiger partial charge >= 0.3 is 0 Å². The summed E-state index contributed by atoms with van der Waals surface area (Å²) >= 11 is 0. The van der Waals surface area contributed by atoms with Crippen molar-refractivity contribution in [2.45, 2.75) is 92.0 Å². The number of nitrogens with zero attached hydrogens (tertiary/aromatic N) is 1. The lowest BCUT2D eigenvalue weighted by molar-refractivity contribution is 0.284. The van der Waals surface area contributed by atoms with Crippen LogP contribution in [-0.2, 0) is 0 Å². The molecule has 1 fully saturated rings. The van der Waals surface area contributed by atoms with Gasteiger partial charge in [-0.25, -0.2) is 0 Å². The molecule has 1 aliphatic heterocycles. The summed E-state index contributed by atoms with van der Waals surface area (Å²) in [6.45, 7) is 19.2. The van der Waals surface area contributed by atoms with Gasteiger partial charge in [-0.2, -0.15) is 0 Å². The lowest BCUT2D eigenvalue weighted by Gasteiger charge is -2.43. The van der Waals surface area contributed by atoms with Crippen LogP contribution >= 0.6 is 0 Å². The molecule has 5 aromatic rings. The second-order valence-electron chi connectivity index (χ2n) is 13.3. The van der Waals surface area contributed by atoms with E-state index in [1.165, 1.54) is 60.7 Å². The fourth-order valence-electron chi connectivity index (χ4n) is 7.88. The minimum Gasteiger partial charge on any atom is -0.353 e. The van der Waals surface area contributed by atoms with Gasteiger partial charge in [0.05, 0.1) is 6.04 Å². The second kappa shape index (κ2) is 9.26. The van der Waals surface area contributed by atoms with Gasteiger partial charge in [-0.1, -0.05) is 102 Å². The Morgan fingerprint density at radius 2 is 1.13 bits per heavy atom. The maximum absolute atomic E-state index is 2.80. The molecule has 1 heterocycles. The monoisotopic (exact) mass is 514 g/mol. The van der Waals surface area contributed by atoms with Crippen molar-refractivity contribution in [2.75, 3.05) is 4.90 Å². The van der Waals surface area contributed by atoms with Gasteiger partial charge in [-0.15, -0.1) is 0 Å². The predicted molar refractivity (Wildman–Crippen MR) is 171 cm³/mol. The van der Waals surface area contributed by atoms with Gasteiger partial charge in [0.2, 0.25) is 0 Å². The molecule has 0 bridgehead atoms. The third-order valence-corrected chi connectivity index (χ3v) is 9.76. The van der Waals surface area contributed by atoms with Crippen LogP contribution in [-0.4, -0.2) is 5.54 Å². The fourth-order valence-corrected chi connectivity index (χ4v) is 7.88. The molecule has 5 aromatic carbocycles. The zero-order valence-corrected chi connectivity index (χ0v) is 25.2. The fraction of sp³-hybridized carbons (Fsp3) is 0.395. The highest BCUT2D eigenvalue weighted by molar-refractivity contribution is 6.23. The molecule has 0 atom stereocenters. The lowest BCUT2D eigenvalue weighted by Crippen LogP contribution is -2.42. The standard InChI is InChI=1S/C38H44N/c1-9-38(10-2)23-37(7,8)39(35-31(24(3)4)15-12-16-32(35)25(5)6)36(38)30-21-28-19-17-26-13-11-14-27-18-20-29(22-30)34(28)33(26)27/h11-22,24-25H,9-10,23H2,1-8H3. The molecule has 1 nitrogen and oxygen atoms in total. The third kappa shape index (κ3) is 3.87. The minimum atomic E-state index is 0.00850. The van der Waals surface area contributed by atoms with Gasteiger partial charge in [-0.05, 0) is 106 Å². The third-order valence-electron chi connectivity index (χ3n) is 9.76. The first-order valence-corrected chi connectivity index (χ1v) is 15.1. The van der Waals surface area contributed by atoms with Crippen molar-refractivity contribution in [3.63, 3.8) is 0 Å². The Hall–Kier alpha value is -3.06. The summed E-state index contributed by atoms with van der Waals surface area (Å²) in [4.78, 5) is 2.80. The molecule has 1 aliphatic rings. The van der Waals surface area contributed by atoms with E-state index in [0.717, 1.165) is 19.3 Å². The van der Waals surface area contributed by atoms with Crippen molar-refractivity contribution in [1.29, 1.82) is 0 Å². The van der Waals surface area contributed by atoms with Gasteiger partial charge in [0, 0.05) is 16.6 Å². The van der Waals surface area contributed by atoms with Gasteiger partial charge < -0.3 is 4.90 Å². The molecule has 39 heavy (non-hydrogen) atoms. The van der Waals surface area contributed by atoms with Crippen molar-refractivity contribution in [2.24, 2.45) is 5.41 Å². The van der Waals surface area contributed by atoms with E-state index in [0.29, 0.717) is 11.8 Å². The molecule has 201 valence electrons. The molecule has 1 heteroatoms. The van der Waals surface area contributed by atoms with Crippen LogP contribution < -0.4 is 4.90 Å². The molecule has 0 aliphatic carbocycles. The topological polar surface area (TPSA) is 3.24 Å². The Bertz CT molecular complexity index is 1560. The van der Waals surface area contributed by atoms with Crippen molar-refractivity contribution in [3.8, 4) is 0 Å². The summed E-state index contributed by atoms with van der Waals surface area (Å²) in [5, 5.41) is 8.18. The zero-order valence-electron chi connectivity index (χ0n) is 25.2. The summed E-state index contributed by atoms with van der Waals surface area (Å²) in [5.74, 6) is 0.916. The number of anilines is 1. The minimum absolute atomic E-state index is 0.00850. The second-order valence-corrected chi connectivity index (χ2v) is 13.3. The average Bonchev–Trinajstić information content (AvgIpc) is 3.17.